The zero-order valence-electron chi connectivity index (χ0n) is 25.7. The number of thioether (sulfide) groups is 4. The molecule has 0 saturated heterocycles. The zero-order chi connectivity index (χ0) is 32.6. The Hall–Kier alpha value is -1.26. The molecular formula is C27H49N3O8S4. The average molecular weight is 672 g/mol. The van der Waals surface area contributed by atoms with Gasteiger partial charge in [0.05, 0.1) is 0 Å². The smallest absolute Gasteiger partial charge is 0.407 e. The van der Waals surface area contributed by atoms with E-state index in [9.17, 15) is 28.8 Å². The van der Waals surface area contributed by atoms with Gasteiger partial charge >= 0.3 is 12.1 Å². The van der Waals surface area contributed by atoms with E-state index in [4.69, 9.17) is 20.9 Å². The SMILES string of the molecule is CC(C)(C)OC(=O)CCCSC(=O)CCC(=O)SCCNC(=O)OC(C)(C)C.NCCSC(=O)CCC(=O)SCCN. The van der Waals surface area contributed by atoms with E-state index in [0.29, 0.717) is 61.9 Å². The number of esters is 1. The van der Waals surface area contributed by atoms with Crippen molar-refractivity contribution in [2.24, 2.45) is 11.5 Å². The van der Waals surface area contributed by atoms with Crippen LogP contribution in [0.1, 0.15) is 80.1 Å². The Labute approximate surface area is 267 Å². The van der Waals surface area contributed by atoms with Crippen molar-refractivity contribution in [2.45, 2.75) is 91.3 Å². The van der Waals surface area contributed by atoms with Crippen molar-refractivity contribution in [2.75, 3.05) is 42.6 Å². The Morgan fingerprint density at radius 3 is 1.33 bits per heavy atom. The van der Waals surface area contributed by atoms with Gasteiger partial charge in [-0.2, -0.15) is 0 Å². The molecule has 0 aromatic heterocycles. The van der Waals surface area contributed by atoms with Crippen molar-refractivity contribution >= 4 is 79.6 Å². The maximum absolute atomic E-state index is 11.8. The van der Waals surface area contributed by atoms with Gasteiger partial charge in [-0.15, -0.1) is 0 Å². The first kappa shape index (κ1) is 42.9. The zero-order valence-corrected chi connectivity index (χ0v) is 29.0. The van der Waals surface area contributed by atoms with Crippen molar-refractivity contribution in [3.05, 3.63) is 0 Å². The van der Waals surface area contributed by atoms with Gasteiger partial charge in [0.15, 0.2) is 20.5 Å². The first-order valence-corrected chi connectivity index (χ1v) is 17.6. The minimum absolute atomic E-state index is 0.0390. The van der Waals surface area contributed by atoms with Crippen LogP contribution >= 0.6 is 47.0 Å². The third-order valence-electron chi connectivity index (χ3n) is 4.07. The van der Waals surface area contributed by atoms with Gasteiger partial charge in [0.25, 0.3) is 0 Å². The minimum atomic E-state index is -0.558. The van der Waals surface area contributed by atoms with Crippen molar-refractivity contribution in [3.8, 4) is 0 Å². The Bertz CT molecular complexity index is 778. The molecule has 42 heavy (non-hydrogen) atoms. The molecule has 1 amide bonds. The van der Waals surface area contributed by atoms with Gasteiger partial charge in [0.1, 0.15) is 11.2 Å². The molecule has 244 valence electrons. The topological polar surface area (TPSA) is 185 Å². The molecule has 11 nitrogen and oxygen atoms in total. The molecule has 0 aliphatic rings. The summed E-state index contributed by atoms with van der Waals surface area (Å²) in [5.74, 6) is 1.94. The average Bonchev–Trinajstić information content (AvgIpc) is 2.87. The van der Waals surface area contributed by atoms with Crippen LogP contribution in [-0.4, -0.2) is 86.4 Å². The predicted molar refractivity (Wildman–Crippen MR) is 176 cm³/mol. The highest BCUT2D eigenvalue weighted by Crippen LogP contribution is 2.15. The number of hydrogen-bond acceptors (Lipinski definition) is 14. The number of hydrogen-bond donors (Lipinski definition) is 3. The summed E-state index contributed by atoms with van der Waals surface area (Å²) >= 11 is 4.60. The summed E-state index contributed by atoms with van der Waals surface area (Å²) in [5, 5.41) is 2.50. The third kappa shape index (κ3) is 33.2. The van der Waals surface area contributed by atoms with E-state index in [1.807, 2.05) is 20.8 Å². The lowest BCUT2D eigenvalue weighted by molar-refractivity contribution is -0.154. The minimum Gasteiger partial charge on any atom is -0.460 e. The van der Waals surface area contributed by atoms with Gasteiger partial charge in [-0.3, -0.25) is 24.0 Å². The standard InChI is InChI=1S/C19H33NO6S2.C8H16N2O2S2/c1-18(2,3)25-14(21)8-7-12-27-15(22)9-10-16(23)28-13-11-20-17(24)26-19(4,5)6;9-3-5-13-7(11)1-2-8(12)14-6-4-10/h7-13H2,1-6H3,(H,20,24);1-6,9-10H2. The fraction of sp³-hybridized carbons (Fsp3) is 0.778. The molecule has 5 N–H and O–H groups in total. The second-order valence-electron chi connectivity index (χ2n) is 10.6. The molecule has 0 spiro atoms. The highest BCUT2D eigenvalue weighted by atomic mass is 32.2. The second-order valence-corrected chi connectivity index (χ2v) is 15.2. The van der Waals surface area contributed by atoms with Crippen molar-refractivity contribution < 1.29 is 38.2 Å². The monoisotopic (exact) mass is 671 g/mol. The molecule has 15 heteroatoms. The lowest BCUT2D eigenvalue weighted by Crippen LogP contribution is -2.33. The predicted octanol–water partition coefficient (Wildman–Crippen LogP) is 4.14. The molecule has 0 aliphatic heterocycles. The molecule has 0 aromatic carbocycles. The summed E-state index contributed by atoms with van der Waals surface area (Å²) in [6, 6.07) is 0. The highest BCUT2D eigenvalue weighted by molar-refractivity contribution is 8.14. The van der Waals surface area contributed by atoms with E-state index in [1.165, 1.54) is 23.5 Å². The molecular weight excluding hydrogens is 623 g/mol. The Morgan fingerprint density at radius 2 is 0.952 bits per heavy atom. The van der Waals surface area contributed by atoms with E-state index >= 15 is 0 Å². The number of carbonyl (C=O) groups is 6. The summed E-state index contributed by atoms with van der Waals surface area (Å²) in [6.45, 7) is 12.1. The number of carbonyl (C=O) groups excluding carboxylic acids is 6. The van der Waals surface area contributed by atoms with Crippen LogP contribution in [0.25, 0.3) is 0 Å². The molecule has 0 saturated carbocycles. The maximum atomic E-state index is 11.8. The van der Waals surface area contributed by atoms with Crippen LogP contribution in [0.2, 0.25) is 0 Å². The maximum Gasteiger partial charge on any atom is 0.407 e. The van der Waals surface area contributed by atoms with Gasteiger partial charge in [-0.1, -0.05) is 47.0 Å². The van der Waals surface area contributed by atoms with Gasteiger partial charge in [-0.25, -0.2) is 4.79 Å². The van der Waals surface area contributed by atoms with Crippen LogP contribution in [0.4, 0.5) is 4.79 Å². The number of ether oxygens (including phenoxy) is 2. The van der Waals surface area contributed by atoms with Crippen LogP contribution in [0, 0.1) is 0 Å². The van der Waals surface area contributed by atoms with E-state index < -0.39 is 17.3 Å². The van der Waals surface area contributed by atoms with E-state index in [2.05, 4.69) is 5.32 Å². The van der Waals surface area contributed by atoms with Crippen LogP contribution in [0.15, 0.2) is 0 Å². The van der Waals surface area contributed by atoms with E-state index in [0.717, 1.165) is 23.5 Å². The van der Waals surface area contributed by atoms with E-state index in [-0.39, 0.29) is 45.7 Å². The summed E-state index contributed by atoms with van der Waals surface area (Å²) < 4.78 is 10.3. The van der Waals surface area contributed by atoms with Crippen LogP contribution in [0.5, 0.6) is 0 Å². The number of nitrogens with two attached hydrogens (primary N) is 2. The highest BCUT2D eigenvalue weighted by Gasteiger charge is 2.17. The number of alkyl carbamates (subject to hydrolysis) is 1. The van der Waals surface area contributed by atoms with Gasteiger partial charge < -0.3 is 26.3 Å². The number of nitrogens with one attached hydrogen (secondary N) is 1. The number of amides is 1. The largest absolute Gasteiger partial charge is 0.460 e. The van der Waals surface area contributed by atoms with Gasteiger partial charge in [0, 0.05) is 74.7 Å². The lowest BCUT2D eigenvalue weighted by atomic mass is 10.2. The van der Waals surface area contributed by atoms with Crippen molar-refractivity contribution in [3.63, 3.8) is 0 Å². The Morgan fingerprint density at radius 1 is 0.571 bits per heavy atom. The summed E-state index contributed by atoms with van der Waals surface area (Å²) in [4.78, 5) is 68.8. The van der Waals surface area contributed by atoms with Crippen molar-refractivity contribution in [1.29, 1.82) is 0 Å². The fourth-order valence-corrected chi connectivity index (χ4v) is 5.09. The fourth-order valence-electron chi connectivity index (χ4n) is 2.47. The van der Waals surface area contributed by atoms with Crippen LogP contribution in [0.3, 0.4) is 0 Å². The molecule has 0 unspecified atom stereocenters. The molecule has 0 heterocycles. The molecule has 0 aliphatic carbocycles. The summed E-state index contributed by atoms with van der Waals surface area (Å²) in [7, 11) is 0. The normalized spacial score (nSPS) is 11.1. The molecule has 0 aromatic rings. The van der Waals surface area contributed by atoms with E-state index in [1.54, 1.807) is 20.8 Å². The van der Waals surface area contributed by atoms with Crippen LogP contribution in [-0.2, 0) is 33.4 Å². The van der Waals surface area contributed by atoms with Gasteiger partial charge in [-0.05, 0) is 48.0 Å². The summed E-state index contributed by atoms with van der Waals surface area (Å²) in [6.07, 6.45) is 1.26. The second kappa shape index (κ2) is 25.1. The quantitative estimate of drug-likeness (QED) is 0.148. The Kier molecular flexibility index (Phi) is 25.6. The molecule has 0 fully saturated rings. The summed E-state index contributed by atoms with van der Waals surface area (Å²) in [5.41, 5.74) is 9.42. The van der Waals surface area contributed by atoms with Gasteiger partial charge in [0.2, 0.25) is 0 Å². The third-order valence-corrected chi connectivity index (χ3v) is 7.96. The van der Waals surface area contributed by atoms with Crippen molar-refractivity contribution in [1.82, 2.24) is 5.32 Å². The Balaban J connectivity index is 0. The molecule has 0 bridgehead atoms. The molecule has 0 radical (unpaired) electrons. The molecule has 0 atom stereocenters. The molecule has 0 rings (SSSR count). The van der Waals surface area contributed by atoms with Crippen LogP contribution < -0.4 is 16.8 Å². The first-order chi connectivity index (χ1) is 19.5. The number of rotatable bonds is 17. The first-order valence-electron chi connectivity index (χ1n) is 13.7. The lowest BCUT2D eigenvalue weighted by Gasteiger charge is -2.19.